The van der Waals surface area contributed by atoms with Gasteiger partial charge in [0.15, 0.2) is 0 Å². The van der Waals surface area contributed by atoms with Gasteiger partial charge in [0.05, 0.1) is 18.5 Å². The Morgan fingerprint density at radius 1 is 1.62 bits per heavy atom. The van der Waals surface area contributed by atoms with Crippen LogP contribution in [0.15, 0.2) is 16.5 Å². The lowest BCUT2D eigenvalue weighted by Gasteiger charge is -2.42. The monoisotopic (exact) mass is 224 g/mol. The minimum absolute atomic E-state index is 0.139. The molecule has 0 radical (unpaired) electrons. The summed E-state index contributed by atoms with van der Waals surface area (Å²) in [6.07, 6.45) is 0.139. The van der Waals surface area contributed by atoms with Crippen LogP contribution in [0.25, 0.3) is 0 Å². The molecule has 3 N–H and O–H groups in total. The zero-order valence-electron chi connectivity index (χ0n) is 9.25. The lowest BCUT2D eigenvalue weighted by atomic mass is 9.88. The van der Waals surface area contributed by atoms with E-state index in [0.717, 1.165) is 11.5 Å². The predicted molar refractivity (Wildman–Crippen MR) is 58.1 cm³/mol. The molecule has 1 aromatic rings. The zero-order chi connectivity index (χ0) is 11.6. The van der Waals surface area contributed by atoms with E-state index in [4.69, 9.17) is 9.52 Å². The van der Waals surface area contributed by atoms with Gasteiger partial charge >= 0.3 is 5.97 Å². The molecule has 0 bridgehead atoms. The molecule has 2 heterocycles. The third kappa shape index (κ3) is 2.43. The van der Waals surface area contributed by atoms with Gasteiger partial charge in [0.25, 0.3) is 0 Å². The van der Waals surface area contributed by atoms with Crippen LogP contribution < -0.4 is 10.6 Å². The van der Waals surface area contributed by atoms with E-state index in [9.17, 15) is 4.79 Å². The van der Waals surface area contributed by atoms with Crippen molar-refractivity contribution in [3.63, 3.8) is 0 Å². The molecule has 0 spiro atoms. The van der Waals surface area contributed by atoms with E-state index >= 15 is 0 Å². The molecule has 1 aliphatic heterocycles. The van der Waals surface area contributed by atoms with E-state index in [2.05, 4.69) is 10.6 Å². The first-order valence-electron chi connectivity index (χ1n) is 5.33. The van der Waals surface area contributed by atoms with Crippen molar-refractivity contribution in [3.8, 4) is 0 Å². The maximum absolute atomic E-state index is 10.7. The van der Waals surface area contributed by atoms with Crippen LogP contribution in [0.4, 0.5) is 0 Å². The molecule has 0 amide bonds. The Bertz CT molecular complexity index is 382. The van der Waals surface area contributed by atoms with Crippen LogP contribution in [-0.4, -0.2) is 29.7 Å². The van der Waals surface area contributed by atoms with Crippen LogP contribution in [0, 0.1) is 6.92 Å². The van der Waals surface area contributed by atoms with Crippen molar-refractivity contribution < 1.29 is 14.3 Å². The van der Waals surface area contributed by atoms with Crippen LogP contribution in [0.5, 0.6) is 0 Å². The third-order valence-electron chi connectivity index (χ3n) is 2.85. The van der Waals surface area contributed by atoms with E-state index in [1.807, 2.05) is 19.1 Å². The number of aliphatic carboxylic acids is 1. The smallest absolute Gasteiger partial charge is 0.305 e. The maximum Gasteiger partial charge on any atom is 0.305 e. The van der Waals surface area contributed by atoms with Crippen molar-refractivity contribution in [2.24, 2.45) is 0 Å². The van der Waals surface area contributed by atoms with Gasteiger partial charge in [-0.05, 0) is 19.1 Å². The van der Waals surface area contributed by atoms with Crippen LogP contribution in [0.3, 0.4) is 0 Å². The highest BCUT2D eigenvalue weighted by Gasteiger charge is 2.38. The molecule has 5 nitrogen and oxygen atoms in total. The zero-order valence-corrected chi connectivity index (χ0v) is 9.25. The molecular formula is C11H16N2O3. The van der Waals surface area contributed by atoms with E-state index in [1.54, 1.807) is 0 Å². The molecule has 1 fully saturated rings. The van der Waals surface area contributed by atoms with Gasteiger partial charge in [0.2, 0.25) is 0 Å². The second kappa shape index (κ2) is 4.27. The van der Waals surface area contributed by atoms with Gasteiger partial charge in [0, 0.05) is 13.1 Å². The maximum atomic E-state index is 10.7. The van der Waals surface area contributed by atoms with Gasteiger partial charge in [-0.25, -0.2) is 0 Å². The quantitative estimate of drug-likeness (QED) is 0.679. The van der Waals surface area contributed by atoms with Crippen LogP contribution in [-0.2, 0) is 11.3 Å². The summed E-state index contributed by atoms with van der Waals surface area (Å²) in [6, 6.07) is 3.81. The second-order valence-corrected chi connectivity index (χ2v) is 4.32. The number of furan rings is 1. The predicted octanol–water partition coefficient (Wildman–Crippen LogP) is 0.494. The minimum atomic E-state index is -0.773. The number of carbonyl (C=O) groups is 1. The van der Waals surface area contributed by atoms with Gasteiger partial charge in [-0.15, -0.1) is 0 Å². The normalized spacial score (nSPS) is 18.1. The Labute approximate surface area is 93.8 Å². The number of hydrogen-bond acceptors (Lipinski definition) is 4. The average molecular weight is 224 g/mol. The fourth-order valence-electron chi connectivity index (χ4n) is 1.88. The molecule has 0 unspecified atom stereocenters. The summed E-state index contributed by atoms with van der Waals surface area (Å²) in [5.74, 6) is 0.939. The third-order valence-corrected chi connectivity index (χ3v) is 2.85. The fourth-order valence-corrected chi connectivity index (χ4v) is 1.88. The summed E-state index contributed by atoms with van der Waals surface area (Å²) >= 11 is 0. The van der Waals surface area contributed by atoms with Crippen LogP contribution in [0.2, 0.25) is 0 Å². The topological polar surface area (TPSA) is 74.5 Å². The summed E-state index contributed by atoms with van der Waals surface area (Å²) in [5, 5.41) is 15.2. The number of nitrogens with one attached hydrogen (secondary N) is 2. The summed E-state index contributed by atoms with van der Waals surface area (Å²) in [5.41, 5.74) is -0.313. The second-order valence-electron chi connectivity index (χ2n) is 4.32. The summed E-state index contributed by atoms with van der Waals surface area (Å²) in [7, 11) is 0. The first kappa shape index (κ1) is 11.2. The highest BCUT2D eigenvalue weighted by atomic mass is 16.4. The summed E-state index contributed by atoms with van der Waals surface area (Å²) in [6.45, 7) is 3.85. The first-order valence-corrected chi connectivity index (χ1v) is 5.33. The molecule has 16 heavy (non-hydrogen) atoms. The van der Waals surface area contributed by atoms with Crippen molar-refractivity contribution >= 4 is 5.97 Å². The van der Waals surface area contributed by atoms with Crippen LogP contribution >= 0.6 is 0 Å². The van der Waals surface area contributed by atoms with Crippen molar-refractivity contribution in [1.82, 2.24) is 10.6 Å². The largest absolute Gasteiger partial charge is 0.481 e. The lowest BCUT2D eigenvalue weighted by molar-refractivity contribution is -0.139. The van der Waals surface area contributed by atoms with E-state index in [1.165, 1.54) is 0 Å². The SMILES string of the molecule is Cc1ccc(CNC2(CC(=O)O)CNC2)o1. The van der Waals surface area contributed by atoms with Gasteiger partial charge in [0.1, 0.15) is 11.5 Å². The average Bonchev–Trinajstić information content (AvgIpc) is 2.55. The van der Waals surface area contributed by atoms with E-state index in [0.29, 0.717) is 19.6 Å². The van der Waals surface area contributed by atoms with Gasteiger partial charge < -0.3 is 20.2 Å². The Kier molecular flexibility index (Phi) is 2.98. The highest BCUT2D eigenvalue weighted by molar-refractivity contribution is 5.68. The molecule has 88 valence electrons. The van der Waals surface area contributed by atoms with E-state index < -0.39 is 5.97 Å². The molecule has 0 aliphatic carbocycles. The lowest BCUT2D eigenvalue weighted by Crippen LogP contribution is -2.68. The van der Waals surface area contributed by atoms with Gasteiger partial charge in [-0.1, -0.05) is 0 Å². The fraction of sp³-hybridized carbons (Fsp3) is 0.545. The summed E-state index contributed by atoms with van der Waals surface area (Å²) < 4.78 is 5.42. The van der Waals surface area contributed by atoms with E-state index in [-0.39, 0.29) is 12.0 Å². The Hall–Kier alpha value is -1.33. The molecule has 1 aromatic heterocycles. The van der Waals surface area contributed by atoms with Gasteiger partial charge in [-0.2, -0.15) is 0 Å². The standard InChI is InChI=1S/C11H16N2O3/c1-8-2-3-9(16-8)5-13-11(4-10(14)15)6-12-7-11/h2-3,12-13H,4-7H2,1H3,(H,14,15). The number of carboxylic acids is 1. The molecular weight excluding hydrogens is 208 g/mol. The Morgan fingerprint density at radius 3 is 2.81 bits per heavy atom. The molecule has 0 aromatic carbocycles. The van der Waals surface area contributed by atoms with Crippen molar-refractivity contribution in [2.45, 2.75) is 25.4 Å². The first-order chi connectivity index (χ1) is 7.60. The Balaban J connectivity index is 1.90. The van der Waals surface area contributed by atoms with Crippen molar-refractivity contribution in [3.05, 3.63) is 23.7 Å². The number of hydrogen-bond donors (Lipinski definition) is 3. The van der Waals surface area contributed by atoms with Gasteiger partial charge in [-0.3, -0.25) is 4.79 Å². The van der Waals surface area contributed by atoms with Crippen molar-refractivity contribution in [1.29, 1.82) is 0 Å². The molecule has 0 atom stereocenters. The molecule has 5 heteroatoms. The Morgan fingerprint density at radius 2 is 2.38 bits per heavy atom. The minimum Gasteiger partial charge on any atom is -0.481 e. The number of carboxylic acid groups (broad SMARTS) is 1. The molecule has 1 saturated heterocycles. The van der Waals surface area contributed by atoms with Crippen molar-refractivity contribution in [2.75, 3.05) is 13.1 Å². The molecule has 1 aliphatic rings. The highest BCUT2D eigenvalue weighted by Crippen LogP contribution is 2.17. The molecule has 2 rings (SSSR count). The summed E-state index contributed by atoms with van der Waals surface area (Å²) in [4.78, 5) is 10.7. The van der Waals surface area contributed by atoms with Crippen LogP contribution in [0.1, 0.15) is 17.9 Å². The molecule has 0 saturated carbocycles. The number of rotatable bonds is 5. The number of aryl methyl sites for hydroxylation is 1.